The van der Waals surface area contributed by atoms with Gasteiger partial charge in [0.05, 0.1) is 0 Å². The Bertz CT molecular complexity index is 674. The van der Waals surface area contributed by atoms with Crippen molar-refractivity contribution in [3.8, 4) is 0 Å². The molecule has 0 spiro atoms. The lowest BCUT2D eigenvalue weighted by Gasteiger charge is -2.29. The Kier molecular flexibility index (Phi) is 5.06. The molecule has 0 heterocycles. The highest BCUT2D eigenvalue weighted by molar-refractivity contribution is 6.00. The SMILES string of the molecule is O=C(NC1(C(=O)O)CCCCCC1)c1cccc(NC(=O)C2CC2)c1. The van der Waals surface area contributed by atoms with Crippen molar-refractivity contribution in [3.05, 3.63) is 29.8 Å². The van der Waals surface area contributed by atoms with Gasteiger partial charge in [-0.3, -0.25) is 9.59 Å². The molecule has 25 heavy (non-hydrogen) atoms. The predicted octanol–water partition coefficient (Wildman–Crippen LogP) is 2.94. The zero-order valence-corrected chi connectivity index (χ0v) is 14.2. The van der Waals surface area contributed by atoms with Crippen LogP contribution in [0.4, 0.5) is 5.69 Å². The van der Waals surface area contributed by atoms with Crippen molar-refractivity contribution >= 4 is 23.5 Å². The number of amides is 2. The summed E-state index contributed by atoms with van der Waals surface area (Å²) in [6.07, 6.45) is 6.30. The number of benzene rings is 1. The van der Waals surface area contributed by atoms with E-state index in [0.29, 0.717) is 24.1 Å². The van der Waals surface area contributed by atoms with Crippen molar-refractivity contribution < 1.29 is 19.5 Å². The number of hydrogen-bond acceptors (Lipinski definition) is 3. The predicted molar refractivity (Wildman–Crippen MR) is 93.3 cm³/mol. The van der Waals surface area contributed by atoms with Gasteiger partial charge in [0.1, 0.15) is 5.54 Å². The van der Waals surface area contributed by atoms with Crippen molar-refractivity contribution in [2.24, 2.45) is 5.92 Å². The van der Waals surface area contributed by atoms with Gasteiger partial charge < -0.3 is 15.7 Å². The zero-order chi connectivity index (χ0) is 17.9. The van der Waals surface area contributed by atoms with E-state index in [2.05, 4.69) is 10.6 Å². The summed E-state index contributed by atoms with van der Waals surface area (Å²) in [6.45, 7) is 0. The van der Waals surface area contributed by atoms with Crippen LogP contribution in [0.15, 0.2) is 24.3 Å². The number of aliphatic carboxylic acids is 1. The minimum atomic E-state index is -1.19. The maximum Gasteiger partial charge on any atom is 0.329 e. The lowest BCUT2D eigenvalue weighted by Crippen LogP contribution is -2.54. The minimum absolute atomic E-state index is 0.0247. The van der Waals surface area contributed by atoms with E-state index in [1.165, 1.54) is 0 Å². The quantitative estimate of drug-likeness (QED) is 0.716. The standard InChI is InChI=1S/C19H24N2O4/c22-16(13-8-9-13)20-15-7-5-6-14(12-15)17(23)21-19(18(24)25)10-3-1-2-4-11-19/h5-7,12-13H,1-4,8-11H2,(H,20,22)(H,21,23)(H,24,25). The van der Waals surface area contributed by atoms with Gasteiger partial charge in [0.25, 0.3) is 5.91 Å². The van der Waals surface area contributed by atoms with Crippen LogP contribution in [0.2, 0.25) is 0 Å². The maximum absolute atomic E-state index is 12.6. The topological polar surface area (TPSA) is 95.5 Å². The maximum atomic E-state index is 12.6. The van der Waals surface area contributed by atoms with Gasteiger partial charge in [-0.05, 0) is 43.9 Å². The van der Waals surface area contributed by atoms with E-state index in [1.54, 1.807) is 24.3 Å². The van der Waals surface area contributed by atoms with Crippen LogP contribution in [0.1, 0.15) is 61.7 Å². The third-order valence-electron chi connectivity index (χ3n) is 5.06. The summed E-state index contributed by atoms with van der Waals surface area (Å²) in [4.78, 5) is 36.3. The molecule has 0 atom stereocenters. The lowest BCUT2D eigenvalue weighted by molar-refractivity contribution is -0.145. The van der Waals surface area contributed by atoms with Crippen LogP contribution in [0, 0.1) is 5.92 Å². The van der Waals surface area contributed by atoms with Crippen molar-refractivity contribution in [2.45, 2.75) is 56.9 Å². The van der Waals surface area contributed by atoms with E-state index in [0.717, 1.165) is 38.5 Å². The van der Waals surface area contributed by atoms with E-state index in [-0.39, 0.29) is 11.8 Å². The lowest BCUT2D eigenvalue weighted by atomic mass is 9.90. The second kappa shape index (κ2) is 7.25. The fourth-order valence-corrected chi connectivity index (χ4v) is 3.34. The molecule has 1 aromatic rings. The highest BCUT2D eigenvalue weighted by atomic mass is 16.4. The Balaban J connectivity index is 1.72. The molecule has 2 amide bonds. The van der Waals surface area contributed by atoms with E-state index in [9.17, 15) is 19.5 Å². The van der Waals surface area contributed by atoms with Crippen LogP contribution < -0.4 is 10.6 Å². The molecule has 0 radical (unpaired) electrons. The van der Waals surface area contributed by atoms with Gasteiger partial charge in [-0.1, -0.05) is 31.7 Å². The average molecular weight is 344 g/mol. The second-order valence-corrected chi connectivity index (χ2v) is 7.10. The van der Waals surface area contributed by atoms with Crippen molar-refractivity contribution in [2.75, 3.05) is 5.32 Å². The molecule has 6 heteroatoms. The molecule has 2 saturated carbocycles. The monoisotopic (exact) mass is 344 g/mol. The molecule has 2 aliphatic carbocycles. The molecular weight excluding hydrogens is 320 g/mol. The Morgan fingerprint density at radius 1 is 1.04 bits per heavy atom. The fourth-order valence-electron chi connectivity index (χ4n) is 3.34. The van der Waals surface area contributed by atoms with Crippen molar-refractivity contribution in [1.29, 1.82) is 0 Å². The number of carbonyl (C=O) groups is 3. The van der Waals surface area contributed by atoms with Gasteiger partial charge >= 0.3 is 5.97 Å². The van der Waals surface area contributed by atoms with Gasteiger partial charge in [-0.25, -0.2) is 4.79 Å². The van der Waals surface area contributed by atoms with Crippen LogP contribution in [0.5, 0.6) is 0 Å². The first-order valence-electron chi connectivity index (χ1n) is 8.97. The molecule has 0 unspecified atom stereocenters. The summed E-state index contributed by atoms with van der Waals surface area (Å²) in [5, 5.41) is 15.2. The number of anilines is 1. The van der Waals surface area contributed by atoms with Crippen LogP contribution >= 0.6 is 0 Å². The number of carboxylic acid groups (broad SMARTS) is 1. The molecule has 1 aromatic carbocycles. The Morgan fingerprint density at radius 2 is 1.72 bits per heavy atom. The van der Waals surface area contributed by atoms with E-state index in [4.69, 9.17) is 0 Å². The van der Waals surface area contributed by atoms with Gasteiger partial charge in [0, 0.05) is 17.2 Å². The zero-order valence-electron chi connectivity index (χ0n) is 14.2. The molecule has 0 aliphatic heterocycles. The molecule has 3 N–H and O–H groups in total. The molecular formula is C19H24N2O4. The molecule has 134 valence electrons. The molecule has 3 rings (SSSR count). The largest absolute Gasteiger partial charge is 0.480 e. The number of rotatable bonds is 5. The summed E-state index contributed by atoms with van der Waals surface area (Å²) in [5.41, 5.74) is -0.269. The average Bonchev–Trinajstić information content (AvgIpc) is 3.43. The minimum Gasteiger partial charge on any atom is -0.480 e. The highest BCUT2D eigenvalue weighted by Gasteiger charge is 2.40. The van der Waals surface area contributed by atoms with Gasteiger partial charge in [0.15, 0.2) is 0 Å². The summed E-state index contributed by atoms with van der Waals surface area (Å²) in [6, 6.07) is 6.66. The van der Waals surface area contributed by atoms with Gasteiger partial charge in [0.2, 0.25) is 5.91 Å². The summed E-state index contributed by atoms with van der Waals surface area (Å²) < 4.78 is 0. The first-order valence-corrected chi connectivity index (χ1v) is 8.97. The van der Waals surface area contributed by atoms with Crippen molar-refractivity contribution in [1.82, 2.24) is 5.32 Å². The normalized spacial score (nSPS) is 19.5. The van der Waals surface area contributed by atoms with Crippen LogP contribution in [0.25, 0.3) is 0 Å². The van der Waals surface area contributed by atoms with E-state index in [1.807, 2.05) is 0 Å². The summed E-state index contributed by atoms with van der Waals surface area (Å²) in [7, 11) is 0. The molecule has 0 aromatic heterocycles. The summed E-state index contributed by atoms with van der Waals surface area (Å²) in [5.74, 6) is -1.32. The Morgan fingerprint density at radius 3 is 2.32 bits per heavy atom. The molecule has 2 fully saturated rings. The Hall–Kier alpha value is -2.37. The number of nitrogens with one attached hydrogen (secondary N) is 2. The molecule has 2 aliphatic rings. The number of hydrogen-bond donors (Lipinski definition) is 3. The second-order valence-electron chi connectivity index (χ2n) is 7.10. The third-order valence-corrected chi connectivity index (χ3v) is 5.06. The van der Waals surface area contributed by atoms with E-state index >= 15 is 0 Å². The number of carbonyl (C=O) groups excluding carboxylic acids is 2. The van der Waals surface area contributed by atoms with Crippen molar-refractivity contribution in [3.63, 3.8) is 0 Å². The summed E-state index contributed by atoms with van der Waals surface area (Å²) >= 11 is 0. The number of carboxylic acids is 1. The third kappa shape index (κ3) is 4.18. The van der Waals surface area contributed by atoms with E-state index < -0.39 is 17.4 Å². The Labute approximate surface area is 147 Å². The fraction of sp³-hybridized carbons (Fsp3) is 0.526. The first kappa shape index (κ1) is 17.5. The van der Waals surface area contributed by atoms with Crippen LogP contribution in [-0.2, 0) is 9.59 Å². The molecule has 0 saturated heterocycles. The molecule has 0 bridgehead atoms. The smallest absolute Gasteiger partial charge is 0.329 e. The van der Waals surface area contributed by atoms with Crippen LogP contribution in [-0.4, -0.2) is 28.4 Å². The van der Waals surface area contributed by atoms with Crippen LogP contribution in [0.3, 0.4) is 0 Å². The van der Waals surface area contributed by atoms with Gasteiger partial charge in [-0.2, -0.15) is 0 Å². The molecule has 6 nitrogen and oxygen atoms in total. The van der Waals surface area contributed by atoms with Gasteiger partial charge in [-0.15, -0.1) is 0 Å². The highest BCUT2D eigenvalue weighted by Crippen LogP contribution is 2.30. The first-order chi connectivity index (χ1) is 12.0.